The van der Waals surface area contributed by atoms with Crippen LogP contribution in [-0.4, -0.2) is 24.2 Å². The molecule has 0 spiro atoms. The van der Waals surface area contributed by atoms with Crippen LogP contribution in [0.2, 0.25) is 0 Å². The molecular formula is C21H24N2O2S. The molecule has 0 atom stereocenters. The summed E-state index contributed by atoms with van der Waals surface area (Å²) in [6, 6.07) is 10.2. The van der Waals surface area contributed by atoms with Crippen LogP contribution in [0, 0.1) is 27.7 Å². The van der Waals surface area contributed by atoms with Gasteiger partial charge in [-0.15, -0.1) is 0 Å². The van der Waals surface area contributed by atoms with E-state index in [2.05, 4.69) is 35.5 Å². The molecule has 0 aliphatic heterocycles. The number of rotatable bonds is 4. The number of amides is 1. The lowest BCUT2D eigenvalue weighted by atomic mass is 10.1. The number of carbonyl (C=O) groups excluding carboxylic acids is 1. The normalized spacial score (nSPS) is 12.1. The Kier molecular flexibility index (Phi) is 5.39. The Bertz CT molecular complexity index is 1040. The summed E-state index contributed by atoms with van der Waals surface area (Å²) in [6.07, 6.45) is 0. The van der Waals surface area contributed by atoms with E-state index in [1.54, 1.807) is 18.4 Å². The zero-order chi connectivity index (χ0) is 18.8. The number of benzene rings is 2. The molecule has 3 rings (SSSR count). The van der Waals surface area contributed by atoms with Gasteiger partial charge in [0.2, 0.25) is 0 Å². The molecular weight excluding hydrogens is 344 g/mol. The van der Waals surface area contributed by atoms with E-state index in [0.29, 0.717) is 23.5 Å². The standard InChI is InChI=1S/C21H24N2O2S/c1-13-6-7-17(16(4)10-13)20(24)22-21-23(8-9-25-5)18-11-14(2)15(3)12-19(18)26-21/h6-7,10-12H,8-9H2,1-5H3. The highest BCUT2D eigenvalue weighted by atomic mass is 32.1. The second kappa shape index (κ2) is 7.56. The molecule has 1 heterocycles. The fraction of sp³-hybridized carbons (Fsp3) is 0.333. The summed E-state index contributed by atoms with van der Waals surface area (Å²) in [7, 11) is 1.68. The number of aromatic nitrogens is 1. The highest BCUT2D eigenvalue weighted by molar-refractivity contribution is 7.16. The number of hydrogen-bond donors (Lipinski definition) is 0. The summed E-state index contributed by atoms with van der Waals surface area (Å²) in [5, 5.41) is 0. The predicted molar refractivity (Wildman–Crippen MR) is 107 cm³/mol. The molecule has 2 aromatic carbocycles. The SMILES string of the molecule is COCCn1c(=NC(=O)c2ccc(C)cc2C)sc2cc(C)c(C)cc21. The Hall–Kier alpha value is -2.24. The number of hydrogen-bond acceptors (Lipinski definition) is 3. The second-order valence-electron chi connectivity index (χ2n) is 6.67. The molecule has 0 N–H and O–H groups in total. The summed E-state index contributed by atoms with van der Waals surface area (Å²) in [4.78, 5) is 17.9. The van der Waals surface area contributed by atoms with E-state index in [9.17, 15) is 4.79 Å². The molecule has 0 bridgehead atoms. The van der Waals surface area contributed by atoms with Crippen LogP contribution in [0.15, 0.2) is 35.3 Å². The van der Waals surface area contributed by atoms with Crippen molar-refractivity contribution in [2.45, 2.75) is 34.2 Å². The van der Waals surface area contributed by atoms with Gasteiger partial charge in [-0.2, -0.15) is 4.99 Å². The summed E-state index contributed by atoms with van der Waals surface area (Å²) >= 11 is 1.55. The number of nitrogens with zero attached hydrogens (tertiary/aromatic N) is 2. The van der Waals surface area contributed by atoms with Gasteiger partial charge in [-0.25, -0.2) is 0 Å². The van der Waals surface area contributed by atoms with Gasteiger partial charge in [0, 0.05) is 19.2 Å². The average molecular weight is 369 g/mol. The monoisotopic (exact) mass is 368 g/mol. The van der Waals surface area contributed by atoms with Crippen molar-refractivity contribution in [1.29, 1.82) is 0 Å². The third-order valence-corrected chi connectivity index (χ3v) is 5.67. The lowest BCUT2D eigenvalue weighted by molar-refractivity contribution is 0.0997. The van der Waals surface area contributed by atoms with E-state index < -0.39 is 0 Å². The first-order valence-electron chi connectivity index (χ1n) is 8.66. The molecule has 26 heavy (non-hydrogen) atoms. The fourth-order valence-corrected chi connectivity index (χ4v) is 4.14. The zero-order valence-corrected chi connectivity index (χ0v) is 16.7. The molecule has 0 unspecified atom stereocenters. The van der Waals surface area contributed by atoms with Crippen molar-refractivity contribution >= 4 is 27.5 Å². The maximum absolute atomic E-state index is 12.8. The van der Waals surface area contributed by atoms with Gasteiger partial charge in [-0.1, -0.05) is 29.0 Å². The van der Waals surface area contributed by atoms with Crippen LogP contribution >= 0.6 is 11.3 Å². The summed E-state index contributed by atoms with van der Waals surface area (Å²) < 4.78 is 8.47. The fourth-order valence-electron chi connectivity index (χ4n) is 3.01. The molecule has 0 radical (unpaired) electrons. The molecule has 4 nitrogen and oxygen atoms in total. The van der Waals surface area contributed by atoms with Gasteiger partial charge < -0.3 is 9.30 Å². The van der Waals surface area contributed by atoms with Crippen LogP contribution < -0.4 is 4.80 Å². The average Bonchev–Trinajstić information content (AvgIpc) is 2.89. The van der Waals surface area contributed by atoms with Crippen molar-refractivity contribution in [2.24, 2.45) is 4.99 Å². The molecule has 1 aromatic heterocycles. The molecule has 0 saturated carbocycles. The molecule has 0 saturated heterocycles. The van der Waals surface area contributed by atoms with E-state index >= 15 is 0 Å². The van der Waals surface area contributed by atoms with Crippen LogP contribution in [0.1, 0.15) is 32.6 Å². The van der Waals surface area contributed by atoms with Gasteiger partial charge in [0.25, 0.3) is 5.91 Å². The van der Waals surface area contributed by atoms with Crippen LogP contribution in [0.3, 0.4) is 0 Å². The zero-order valence-electron chi connectivity index (χ0n) is 15.9. The van der Waals surface area contributed by atoms with Crippen molar-refractivity contribution in [3.05, 3.63) is 63.0 Å². The summed E-state index contributed by atoms with van der Waals surface area (Å²) in [5.74, 6) is -0.200. The van der Waals surface area contributed by atoms with Gasteiger partial charge in [-0.3, -0.25) is 4.79 Å². The number of thiazole rings is 1. The maximum Gasteiger partial charge on any atom is 0.279 e. The first-order valence-corrected chi connectivity index (χ1v) is 9.48. The molecule has 5 heteroatoms. The number of fused-ring (bicyclic) bond motifs is 1. The largest absolute Gasteiger partial charge is 0.383 e. The van der Waals surface area contributed by atoms with Crippen molar-refractivity contribution in [1.82, 2.24) is 4.57 Å². The predicted octanol–water partition coefficient (Wildman–Crippen LogP) is 4.32. The Balaban J connectivity index is 2.15. The lowest BCUT2D eigenvalue weighted by Crippen LogP contribution is -2.19. The van der Waals surface area contributed by atoms with Crippen LogP contribution in [0.4, 0.5) is 0 Å². The third kappa shape index (κ3) is 3.64. The Morgan fingerprint density at radius 3 is 2.50 bits per heavy atom. The third-order valence-electron chi connectivity index (χ3n) is 4.63. The number of aryl methyl sites for hydroxylation is 4. The molecule has 0 aliphatic rings. The molecule has 1 amide bonds. The van der Waals surface area contributed by atoms with Gasteiger partial charge >= 0.3 is 0 Å². The van der Waals surface area contributed by atoms with E-state index in [0.717, 1.165) is 21.3 Å². The van der Waals surface area contributed by atoms with E-state index in [1.165, 1.54) is 11.1 Å². The first-order chi connectivity index (χ1) is 12.4. The lowest BCUT2D eigenvalue weighted by Gasteiger charge is -2.06. The van der Waals surface area contributed by atoms with E-state index in [1.807, 2.05) is 32.0 Å². The Morgan fingerprint density at radius 2 is 1.81 bits per heavy atom. The first kappa shape index (κ1) is 18.5. The number of methoxy groups -OCH3 is 1. The smallest absolute Gasteiger partial charge is 0.279 e. The van der Waals surface area contributed by atoms with Gasteiger partial charge in [0.1, 0.15) is 0 Å². The molecule has 0 fully saturated rings. The summed E-state index contributed by atoms with van der Waals surface area (Å²) in [5.41, 5.74) is 6.32. The molecule has 3 aromatic rings. The summed E-state index contributed by atoms with van der Waals surface area (Å²) in [6.45, 7) is 9.41. The van der Waals surface area contributed by atoms with Crippen LogP contribution in [-0.2, 0) is 11.3 Å². The quantitative estimate of drug-likeness (QED) is 0.688. The Labute approximate surface area is 157 Å². The minimum absolute atomic E-state index is 0.200. The molecule has 136 valence electrons. The van der Waals surface area contributed by atoms with Crippen molar-refractivity contribution < 1.29 is 9.53 Å². The maximum atomic E-state index is 12.8. The van der Waals surface area contributed by atoms with E-state index in [-0.39, 0.29) is 5.91 Å². The number of ether oxygens (including phenoxy) is 1. The second-order valence-corrected chi connectivity index (χ2v) is 7.68. The van der Waals surface area contributed by atoms with Crippen LogP contribution in [0.25, 0.3) is 10.2 Å². The van der Waals surface area contributed by atoms with E-state index in [4.69, 9.17) is 4.74 Å². The minimum Gasteiger partial charge on any atom is -0.383 e. The van der Waals surface area contributed by atoms with Crippen LogP contribution in [0.5, 0.6) is 0 Å². The number of carbonyl (C=O) groups is 1. The minimum atomic E-state index is -0.200. The Morgan fingerprint density at radius 1 is 1.08 bits per heavy atom. The molecule has 0 aliphatic carbocycles. The van der Waals surface area contributed by atoms with Crippen molar-refractivity contribution in [2.75, 3.05) is 13.7 Å². The van der Waals surface area contributed by atoms with Gasteiger partial charge in [0.15, 0.2) is 4.80 Å². The van der Waals surface area contributed by atoms with Gasteiger partial charge in [-0.05, 0) is 62.6 Å². The highest BCUT2D eigenvalue weighted by Gasteiger charge is 2.12. The topological polar surface area (TPSA) is 43.6 Å². The van der Waals surface area contributed by atoms with Gasteiger partial charge in [0.05, 0.1) is 16.8 Å². The highest BCUT2D eigenvalue weighted by Crippen LogP contribution is 2.22. The van der Waals surface area contributed by atoms with Crippen molar-refractivity contribution in [3.63, 3.8) is 0 Å². The van der Waals surface area contributed by atoms with Crippen molar-refractivity contribution in [3.8, 4) is 0 Å².